The first-order chi connectivity index (χ1) is 8.81. The molecule has 2 amide bonds. The molecule has 0 atom stereocenters. The van der Waals surface area contributed by atoms with Crippen molar-refractivity contribution < 1.29 is 9.59 Å². The molecular formula is C15H20N2O2. The van der Waals surface area contributed by atoms with Gasteiger partial charge in [-0.05, 0) is 44.5 Å². The maximum Gasteiger partial charge on any atom is 0.251 e. The Balaban J connectivity index is 2.68. The van der Waals surface area contributed by atoms with Gasteiger partial charge in [0.05, 0.1) is 0 Å². The Kier molecular flexibility index (Phi) is 4.87. The van der Waals surface area contributed by atoms with E-state index in [1.165, 1.54) is 6.08 Å². The van der Waals surface area contributed by atoms with Crippen molar-refractivity contribution in [2.75, 3.05) is 7.05 Å². The number of rotatable bonds is 3. The van der Waals surface area contributed by atoms with Gasteiger partial charge in [-0.1, -0.05) is 12.1 Å². The van der Waals surface area contributed by atoms with E-state index in [0.29, 0.717) is 5.56 Å². The zero-order valence-electron chi connectivity index (χ0n) is 11.8. The average Bonchev–Trinajstić information content (AvgIpc) is 2.34. The molecule has 0 aliphatic carbocycles. The second kappa shape index (κ2) is 6.18. The molecule has 4 nitrogen and oxygen atoms in total. The molecule has 0 spiro atoms. The Morgan fingerprint density at radius 2 is 1.68 bits per heavy atom. The summed E-state index contributed by atoms with van der Waals surface area (Å²) in [5.41, 5.74) is 1.22. The number of hydrogen-bond donors (Lipinski definition) is 2. The first-order valence-corrected chi connectivity index (χ1v) is 6.14. The Morgan fingerprint density at radius 3 is 2.16 bits per heavy atom. The normalized spacial score (nSPS) is 11.4. The van der Waals surface area contributed by atoms with E-state index in [4.69, 9.17) is 0 Å². The third kappa shape index (κ3) is 5.38. The fraction of sp³-hybridized carbons (Fsp3) is 0.333. The van der Waals surface area contributed by atoms with Crippen LogP contribution in [0.5, 0.6) is 0 Å². The lowest BCUT2D eigenvalue weighted by Gasteiger charge is -2.18. The molecule has 1 aromatic carbocycles. The second-order valence-corrected chi connectivity index (χ2v) is 5.27. The van der Waals surface area contributed by atoms with Gasteiger partial charge in [-0.15, -0.1) is 0 Å². The molecule has 0 saturated carbocycles. The summed E-state index contributed by atoms with van der Waals surface area (Å²) in [5, 5.41) is 5.39. The lowest BCUT2D eigenvalue weighted by molar-refractivity contribution is -0.117. The van der Waals surface area contributed by atoms with Gasteiger partial charge in [0.15, 0.2) is 0 Å². The van der Waals surface area contributed by atoms with E-state index in [0.717, 1.165) is 5.56 Å². The molecule has 0 bridgehead atoms. The fourth-order valence-corrected chi connectivity index (χ4v) is 1.47. The molecule has 2 N–H and O–H groups in total. The summed E-state index contributed by atoms with van der Waals surface area (Å²) >= 11 is 0. The van der Waals surface area contributed by atoms with Crippen LogP contribution in [-0.4, -0.2) is 24.4 Å². The second-order valence-electron chi connectivity index (χ2n) is 5.27. The van der Waals surface area contributed by atoms with Crippen molar-refractivity contribution in [3.05, 3.63) is 41.5 Å². The average molecular weight is 260 g/mol. The first-order valence-electron chi connectivity index (χ1n) is 6.14. The monoisotopic (exact) mass is 260 g/mol. The van der Waals surface area contributed by atoms with Crippen LogP contribution in [0.2, 0.25) is 0 Å². The molecular weight excluding hydrogens is 240 g/mol. The van der Waals surface area contributed by atoms with Crippen LogP contribution < -0.4 is 10.6 Å². The van der Waals surface area contributed by atoms with Gasteiger partial charge >= 0.3 is 0 Å². The molecule has 0 fully saturated rings. The van der Waals surface area contributed by atoms with Crippen LogP contribution in [0.15, 0.2) is 30.3 Å². The minimum atomic E-state index is -0.246. The van der Waals surface area contributed by atoms with Crippen LogP contribution in [0.1, 0.15) is 36.7 Å². The Morgan fingerprint density at radius 1 is 1.11 bits per heavy atom. The zero-order chi connectivity index (χ0) is 14.5. The number of nitrogens with one attached hydrogen (secondary N) is 2. The van der Waals surface area contributed by atoms with Crippen molar-refractivity contribution in [3.63, 3.8) is 0 Å². The molecule has 0 unspecified atom stereocenters. The summed E-state index contributed by atoms with van der Waals surface area (Å²) < 4.78 is 0. The third-order valence-corrected chi connectivity index (χ3v) is 2.33. The van der Waals surface area contributed by atoms with Gasteiger partial charge in [0, 0.05) is 24.2 Å². The van der Waals surface area contributed by atoms with E-state index < -0.39 is 0 Å². The topological polar surface area (TPSA) is 58.2 Å². The van der Waals surface area contributed by atoms with Crippen molar-refractivity contribution in [2.45, 2.75) is 26.3 Å². The maximum absolute atomic E-state index is 11.6. The van der Waals surface area contributed by atoms with Crippen LogP contribution in [0.4, 0.5) is 0 Å². The predicted octanol–water partition coefficient (Wildman–Crippen LogP) is 1.97. The van der Waals surface area contributed by atoms with Crippen LogP contribution in [-0.2, 0) is 4.79 Å². The van der Waals surface area contributed by atoms with Gasteiger partial charge in [-0.25, -0.2) is 0 Å². The molecule has 4 heteroatoms. The highest BCUT2D eigenvalue weighted by atomic mass is 16.2. The Hall–Kier alpha value is -2.10. The highest BCUT2D eigenvalue weighted by molar-refractivity contribution is 5.94. The summed E-state index contributed by atoms with van der Waals surface area (Å²) in [5.74, 6) is -0.260. The van der Waals surface area contributed by atoms with Crippen molar-refractivity contribution >= 4 is 17.9 Å². The van der Waals surface area contributed by atoms with Gasteiger partial charge in [-0.3, -0.25) is 9.59 Å². The number of carbonyl (C=O) groups excluding carboxylic acids is 2. The maximum atomic E-state index is 11.6. The quantitative estimate of drug-likeness (QED) is 0.816. The van der Waals surface area contributed by atoms with Crippen molar-refractivity contribution in [1.29, 1.82) is 0 Å². The lowest BCUT2D eigenvalue weighted by Crippen LogP contribution is -2.39. The molecule has 0 aromatic heterocycles. The van der Waals surface area contributed by atoms with E-state index in [-0.39, 0.29) is 17.4 Å². The summed E-state index contributed by atoms with van der Waals surface area (Å²) in [4.78, 5) is 22.9. The molecule has 0 aliphatic rings. The highest BCUT2D eigenvalue weighted by Gasteiger charge is 2.11. The van der Waals surface area contributed by atoms with Gasteiger partial charge in [-0.2, -0.15) is 0 Å². The van der Waals surface area contributed by atoms with E-state index >= 15 is 0 Å². The van der Waals surface area contributed by atoms with Crippen molar-refractivity contribution in [1.82, 2.24) is 10.6 Å². The minimum Gasteiger partial charge on any atom is -0.355 e. The standard InChI is InChI=1S/C15H20N2O2/c1-15(2,3)17-13(18)10-7-11-5-8-12(9-6-11)14(19)16-4/h5-10H,1-4H3,(H,16,19)(H,17,18)/b10-7+. The van der Waals surface area contributed by atoms with E-state index in [1.54, 1.807) is 37.4 Å². The molecule has 1 rings (SSSR count). The van der Waals surface area contributed by atoms with Gasteiger partial charge in [0.25, 0.3) is 5.91 Å². The van der Waals surface area contributed by atoms with Gasteiger partial charge in [0.1, 0.15) is 0 Å². The summed E-state index contributed by atoms with van der Waals surface area (Å²) in [6.07, 6.45) is 3.20. The van der Waals surface area contributed by atoms with E-state index in [2.05, 4.69) is 10.6 Å². The predicted molar refractivity (Wildman–Crippen MR) is 76.8 cm³/mol. The third-order valence-electron chi connectivity index (χ3n) is 2.33. The van der Waals surface area contributed by atoms with E-state index in [1.807, 2.05) is 20.8 Å². The number of benzene rings is 1. The van der Waals surface area contributed by atoms with Crippen LogP contribution in [0.25, 0.3) is 6.08 Å². The van der Waals surface area contributed by atoms with Crippen LogP contribution in [0.3, 0.4) is 0 Å². The fourth-order valence-electron chi connectivity index (χ4n) is 1.47. The lowest BCUT2D eigenvalue weighted by atomic mass is 10.1. The largest absolute Gasteiger partial charge is 0.355 e. The SMILES string of the molecule is CNC(=O)c1ccc(/C=C/C(=O)NC(C)(C)C)cc1. The van der Waals surface area contributed by atoms with Gasteiger partial charge in [0.2, 0.25) is 5.91 Å². The first kappa shape index (κ1) is 15.0. The minimum absolute atomic E-state index is 0.124. The molecule has 0 aliphatic heterocycles. The Bertz CT molecular complexity index is 482. The number of amides is 2. The number of carbonyl (C=O) groups is 2. The van der Waals surface area contributed by atoms with Gasteiger partial charge < -0.3 is 10.6 Å². The zero-order valence-corrected chi connectivity index (χ0v) is 11.8. The Labute approximate surface area is 113 Å². The molecule has 0 radical (unpaired) electrons. The molecule has 1 aromatic rings. The highest BCUT2D eigenvalue weighted by Crippen LogP contribution is 2.06. The molecule has 0 heterocycles. The summed E-state index contributed by atoms with van der Waals surface area (Å²) in [6, 6.07) is 7.04. The van der Waals surface area contributed by atoms with Crippen molar-refractivity contribution in [2.24, 2.45) is 0 Å². The van der Waals surface area contributed by atoms with Crippen LogP contribution >= 0.6 is 0 Å². The van der Waals surface area contributed by atoms with Crippen LogP contribution in [0, 0.1) is 0 Å². The molecule has 102 valence electrons. The molecule has 0 saturated heterocycles. The van der Waals surface area contributed by atoms with Crippen molar-refractivity contribution in [3.8, 4) is 0 Å². The summed E-state index contributed by atoms with van der Waals surface area (Å²) in [7, 11) is 1.59. The summed E-state index contributed by atoms with van der Waals surface area (Å²) in [6.45, 7) is 5.78. The van der Waals surface area contributed by atoms with E-state index in [9.17, 15) is 9.59 Å². The molecule has 19 heavy (non-hydrogen) atoms. The smallest absolute Gasteiger partial charge is 0.251 e. The number of hydrogen-bond acceptors (Lipinski definition) is 2.